The van der Waals surface area contributed by atoms with E-state index in [0.29, 0.717) is 11.3 Å². The van der Waals surface area contributed by atoms with Crippen LogP contribution in [0.4, 0.5) is 8.78 Å². The van der Waals surface area contributed by atoms with E-state index in [1.807, 2.05) is 18.4 Å². The van der Waals surface area contributed by atoms with Crippen molar-refractivity contribution < 1.29 is 8.78 Å². The van der Waals surface area contributed by atoms with E-state index >= 15 is 0 Å². The number of hydrogen-bond donors (Lipinski definition) is 0. The fraction of sp³-hybridized carbons (Fsp3) is 0.500. The summed E-state index contributed by atoms with van der Waals surface area (Å²) >= 11 is 5.90. The van der Waals surface area contributed by atoms with Gasteiger partial charge in [0, 0.05) is 11.6 Å². The van der Waals surface area contributed by atoms with E-state index in [2.05, 4.69) is 11.9 Å². The highest BCUT2D eigenvalue weighted by Gasteiger charge is 2.26. The van der Waals surface area contributed by atoms with Crippen LogP contribution >= 0.6 is 11.6 Å². The van der Waals surface area contributed by atoms with Crippen LogP contribution in [0, 0.1) is 11.6 Å². The van der Waals surface area contributed by atoms with Crippen molar-refractivity contribution >= 4 is 22.6 Å². The minimum atomic E-state index is -0.646. The van der Waals surface area contributed by atoms with Gasteiger partial charge in [-0.1, -0.05) is 13.3 Å². The predicted molar refractivity (Wildman–Crippen MR) is 73.4 cm³/mol. The monoisotopic (exact) mass is 286 g/mol. The standard InChI is InChI=1S/C14H17ClF2N2/c1-4-5-14(2,3)19-11-7-9(16)6-10(17)13(11)18-12(19)8-15/h6-7H,4-5,8H2,1-3H3. The van der Waals surface area contributed by atoms with Crippen LogP contribution in [-0.2, 0) is 11.4 Å². The summed E-state index contributed by atoms with van der Waals surface area (Å²) in [6.45, 7) is 6.12. The van der Waals surface area contributed by atoms with Gasteiger partial charge < -0.3 is 4.57 Å². The summed E-state index contributed by atoms with van der Waals surface area (Å²) in [6, 6.07) is 2.17. The van der Waals surface area contributed by atoms with Gasteiger partial charge in [0.15, 0.2) is 5.82 Å². The van der Waals surface area contributed by atoms with Gasteiger partial charge >= 0.3 is 0 Å². The zero-order valence-electron chi connectivity index (χ0n) is 11.3. The molecule has 19 heavy (non-hydrogen) atoms. The van der Waals surface area contributed by atoms with Crippen molar-refractivity contribution in [1.29, 1.82) is 0 Å². The molecule has 1 aromatic heterocycles. The summed E-state index contributed by atoms with van der Waals surface area (Å²) in [4.78, 5) is 4.21. The van der Waals surface area contributed by atoms with Gasteiger partial charge in [-0.2, -0.15) is 0 Å². The molecule has 0 saturated heterocycles. The zero-order chi connectivity index (χ0) is 14.2. The van der Waals surface area contributed by atoms with Gasteiger partial charge in [-0.3, -0.25) is 0 Å². The van der Waals surface area contributed by atoms with Gasteiger partial charge in [-0.15, -0.1) is 11.6 Å². The molecule has 0 aliphatic heterocycles. The third-order valence-electron chi connectivity index (χ3n) is 3.33. The van der Waals surface area contributed by atoms with E-state index in [1.165, 1.54) is 6.07 Å². The Morgan fingerprint density at radius 1 is 1.32 bits per heavy atom. The Kier molecular flexibility index (Phi) is 3.81. The minimum absolute atomic E-state index is 0.170. The number of benzene rings is 1. The molecule has 0 atom stereocenters. The average molecular weight is 287 g/mol. The normalized spacial score (nSPS) is 12.3. The molecule has 0 bridgehead atoms. The van der Waals surface area contributed by atoms with E-state index < -0.39 is 11.6 Å². The maximum Gasteiger partial charge on any atom is 0.153 e. The van der Waals surface area contributed by atoms with E-state index in [4.69, 9.17) is 11.6 Å². The Balaban J connectivity index is 2.77. The molecular weight excluding hydrogens is 270 g/mol. The molecule has 104 valence electrons. The molecule has 1 aromatic carbocycles. The third kappa shape index (κ3) is 2.46. The van der Waals surface area contributed by atoms with E-state index in [0.717, 1.165) is 18.9 Å². The quantitative estimate of drug-likeness (QED) is 0.752. The van der Waals surface area contributed by atoms with Crippen molar-refractivity contribution in [3.05, 3.63) is 29.6 Å². The number of hydrogen-bond acceptors (Lipinski definition) is 1. The van der Waals surface area contributed by atoms with Crippen LogP contribution in [-0.4, -0.2) is 9.55 Å². The molecule has 0 amide bonds. The van der Waals surface area contributed by atoms with Crippen molar-refractivity contribution in [2.75, 3.05) is 0 Å². The lowest BCUT2D eigenvalue weighted by Gasteiger charge is -2.28. The van der Waals surface area contributed by atoms with Crippen LogP contribution in [0.3, 0.4) is 0 Å². The lowest BCUT2D eigenvalue weighted by Crippen LogP contribution is -2.27. The molecule has 0 aliphatic carbocycles. The molecule has 0 saturated carbocycles. The van der Waals surface area contributed by atoms with Crippen molar-refractivity contribution in [1.82, 2.24) is 9.55 Å². The number of rotatable bonds is 4. The molecule has 2 aromatic rings. The Bertz CT molecular complexity index is 605. The van der Waals surface area contributed by atoms with E-state index in [9.17, 15) is 8.78 Å². The molecular formula is C14H17ClF2N2. The van der Waals surface area contributed by atoms with E-state index in [-0.39, 0.29) is 16.9 Å². The second kappa shape index (κ2) is 5.08. The van der Waals surface area contributed by atoms with Gasteiger partial charge in [-0.05, 0) is 26.3 Å². The third-order valence-corrected chi connectivity index (χ3v) is 3.57. The van der Waals surface area contributed by atoms with Gasteiger partial charge in [0.25, 0.3) is 0 Å². The van der Waals surface area contributed by atoms with Crippen LogP contribution in [0.25, 0.3) is 11.0 Å². The van der Waals surface area contributed by atoms with Gasteiger partial charge in [0.2, 0.25) is 0 Å². The summed E-state index contributed by atoms with van der Waals surface area (Å²) < 4.78 is 29.1. The highest BCUT2D eigenvalue weighted by atomic mass is 35.5. The van der Waals surface area contributed by atoms with Crippen molar-refractivity contribution in [3.8, 4) is 0 Å². The number of nitrogens with zero attached hydrogens (tertiary/aromatic N) is 2. The first-order chi connectivity index (χ1) is 8.90. The Morgan fingerprint density at radius 2 is 2.00 bits per heavy atom. The molecule has 1 heterocycles. The molecule has 0 aliphatic rings. The number of halogens is 3. The second-order valence-electron chi connectivity index (χ2n) is 5.31. The van der Waals surface area contributed by atoms with Crippen LogP contribution in [0.2, 0.25) is 0 Å². The van der Waals surface area contributed by atoms with Crippen LogP contribution in [0.1, 0.15) is 39.4 Å². The molecule has 0 spiro atoms. The van der Waals surface area contributed by atoms with Crippen molar-refractivity contribution in [2.24, 2.45) is 0 Å². The summed E-state index contributed by atoms with van der Waals surface area (Å²) in [5.74, 6) is -0.505. The SMILES string of the molecule is CCCC(C)(C)n1c(CCl)nc2c(F)cc(F)cc21. The largest absolute Gasteiger partial charge is 0.321 e. The molecule has 0 unspecified atom stereocenters. The predicted octanol–water partition coefficient (Wildman–Crippen LogP) is 4.59. The molecule has 5 heteroatoms. The average Bonchev–Trinajstić information content (AvgIpc) is 2.68. The number of imidazole rings is 1. The van der Waals surface area contributed by atoms with Crippen LogP contribution in [0.5, 0.6) is 0 Å². The maximum absolute atomic E-state index is 13.8. The molecule has 0 N–H and O–H groups in total. The summed E-state index contributed by atoms with van der Waals surface area (Å²) in [5.41, 5.74) is 0.362. The van der Waals surface area contributed by atoms with Crippen molar-refractivity contribution in [2.45, 2.75) is 45.0 Å². The van der Waals surface area contributed by atoms with Crippen molar-refractivity contribution in [3.63, 3.8) is 0 Å². The first-order valence-corrected chi connectivity index (χ1v) is 6.87. The smallest absolute Gasteiger partial charge is 0.153 e. The van der Waals surface area contributed by atoms with Gasteiger partial charge in [0.05, 0.1) is 11.4 Å². The maximum atomic E-state index is 13.8. The highest BCUT2D eigenvalue weighted by molar-refractivity contribution is 6.16. The fourth-order valence-electron chi connectivity index (χ4n) is 2.64. The Labute approximate surface area is 116 Å². The summed E-state index contributed by atoms with van der Waals surface area (Å²) in [7, 11) is 0. The zero-order valence-corrected chi connectivity index (χ0v) is 12.1. The lowest BCUT2D eigenvalue weighted by atomic mass is 9.98. The molecule has 2 nitrogen and oxygen atoms in total. The Morgan fingerprint density at radius 3 is 2.58 bits per heavy atom. The first kappa shape index (κ1) is 14.3. The van der Waals surface area contributed by atoms with E-state index in [1.54, 1.807) is 0 Å². The highest BCUT2D eigenvalue weighted by Crippen LogP contribution is 2.31. The molecule has 0 radical (unpaired) electrons. The first-order valence-electron chi connectivity index (χ1n) is 6.33. The topological polar surface area (TPSA) is 17.8 Å². The van der Waals surface area contributed by atoms with Crippen LogP contribution < -0.4 is 0 Å². The number of fused-ring (bicyclic) bond motifs is 1. The molecule has 2 rings (SSSR count). The number of aromatic nitrogens is 2. The van der Waals surface area contributed by atoms with Gasteiger partial charge in [0.1, 0.15) is 17.2 Å². The van der Waals surface area contributed by atoms with Gasteiger partial charge in [-0.25, -0.2) is 13.8 Å². The fourth-order valence-corrected chi connectivity index (χ4v) is 2.82. The Hall–Kier alpha value is -1.16. The lowest BCUT2D eigenvalue weighted by molar-refractivity contribution is 0.326. The number of alkyl halides is 1. The molecule has 0 fully saturated rings. The summed E-state index contributed by atoms with van der Waals surface area (Å²) in [5, 5.41) is 0. The minimum Gasteiger partial charge on any atom is -0.321 e. The van der Waals surface area contributed by atoms with Crippen LogP contribution in [0.15, 0.2) is 12.1 Å². The summed E-state index contributed by atoms with van der Waals surface area (Å²) in [6.07, 6.45) is 1.84. The second-order valence-corrected chi connectivity index (χ2v) is 5.58.